The first kappa shape index (κ1) is 11.0. The predicted octanol–water partition coefficient (Wildman–Crippen LogP) is 0.0985. The largest absolute Gasteiger partial charge is 0.481 e. The van der Waals surface area contributed by atoms with E-state index < -0.39 is 11.5 Å². The van der Waals surface area contributed by atoms with Crippen LogP contribution in [0.3, 0.4) is 0 Å². The van der Waals surface area contributed by atoms with Crippen LogP contribution in [0.25, 0.3) is 0 Å². The molecule has 1 rings (SSSR count). The van der Waals surface area contributed by atoms with Gasteiger partial charge in [0.05, 0.1) is 18.6 Å². The fraction of sp³-hybridized carbons (Fsp3) is 0.778. The van der Waals surface area contributed by atoms with E-state index in [0.29, 0.717) is 19.6 Å². The zero-order chi connectivity index (χ0) is 10.8. The van der Waals surface area contributed by atoms with Crippen molar-refractivity contribution in [1.29, 1.82) is 0 Å². The minimum atomic E-state index is -0.899. The number of carbonyl (C=O) groups excluding carboxylic acids is 1. The number of aliphatic carboxylic acids is 1. The maximum absolute atomic E-state index is 11.2. The van der Waals surface area contributed by atoms with E-state index >= 15 is 0 Å². The monoisotopic (exact) mass is 201 g/mol. The Morgan fingerprint density at radius 2 is 2.21 bits per heavy atom. The zero-order valence-electron chi connectivity index (χ0n) is 8.45. The van der Waals surface area contributed by atoms with E-state index in [4.69, 9.17) is 9.84 Å². The lowest BCUT2D eigenvalue weighted by Crippen LogP contribution is -2.50. The Morgan fingerprint density at radius 3 is 2.57 bits per heavy atom. The highest BCUT2D eigenvalue weighted by Gasteiger charge is 2.42. The molecule has 1 heterocycles. The fourth-order valence-corrected chi connectivity index (χ4v) is 1.73. The second kappa shape index (κ2) is 3.96. The van der Waals surface area contributed by atoms with Gasteiger partial charge in [0.15, 0.2) is 0 Å². The third kappa shape index (κ3) is 2.04. The first-order valence-corrected chi connectivity index (χ1v) is 4.52. The molecule has 0 saturated carbocycles. The van der Waals surface area contributed by atoms with Crippen molar-refractivity contribution in [2.45, 2.75) is 25.3 Å². The molecule has 5 heteroatoms. The molecule has 1 aliphatic heterocycles. The molecule has 14 heavy (non-hydrogen) atoms. The number of nitrogens with zero attached hydrogens (tertiary/aromatic N) is 1. The van der Waals surface area contributed by atoms with Gasteiger partial charge in [-0.3, -0.25) is 9.59 Å². The lowest BCUT2D eigenvalue weighted by Gasteiger charge is -2.35. The quantitative estimate of drug-likeness (QED) is 0.703. The molecule has 0 aromatic rings. The van der Waals surface area contributed by atoms with Crippen LogP contribution in [0.5, 0.6) is 0 Å². The molecule has 0 aromatic heterocycles. The molecule has 0 bridgehead atoms. The topological polar surface area (TPSA) is 66.8 Å². The standard InChI is InChI=1S/C9H15NO4/c1-7(11)10(2)9(5-8(12)13)3-4-14-6-9/h3-6H2,1-2H3,(H,12,13). The SMILES string of the molecule is CC(=O)N(C)C1(CC(=O)O)CCOC1. The van der Waals surface area contributed by atoms with Crippen LogP contribution in [-0.4, -0.2) is 47.7 Å². The molecule has 1 aliphatic rings. The van der Waals surface area contributed by atoms with E-state index in [1.807, 2.05) is 0 Å². The molecule has 0 aliphatic carbocycles. The number of hydrogen-bond donors (Lipinski definition) is 1. The van der Waals surface area contributed by atoms with Gasteiger partial charge in [-0.2, -0.15) is 0 Å². The van der Waals surface area contributed by atoms with E-state index in [1.54, 1.807) is 7.05 Å². The van der Waals surface area contributed by atoms with Crippen LogP contribution in [0.2, 0.25) is 0 Å². The summed E-state index contributed by atoms with van der Waals surface area (Å²) in [6.07, 6.45) is 0.540. The molecule has 0 radical (unpaired) electrons. The van der Waals surface area contributed by atoms with Crippen molar-refractivity contribution in [2.24, 2.45) is 0 Å². The summed E-state index contributed by atoms with van der Waals surface area (Å²) in [4.78, 5) is 23.4. The summed E-state index contributed by atoms with van der Waals surface area (Å²) in [7, 11) is 1.62. The second-order valence-corrected chi connectivity index (χ2v) is 3.68. The smallest absolute Gasteiger partial charge is 0.305 e. The summed E-state index contributed by atoms with van der Waals surface area (Å²) in [6, 6.07) is 0. The number of carbonyl (C=O) groups is 2. The normalized spacial score (nSPS) is 26.1. The number of amides is 1. The van der Waals surface area contributed by atoms with E-state index in [1.165, 1.54) is 11.8 Å². The number of hydrogen-bond acceptors (Lipinski definition) is 3. The number of carboxylic acids is 1. The van der Waals surface area contributed by atoms with E-state index in [0.717, 1.165) is 0 Å². The maximum atomic E-state index is 11.2. The van der Waals surface area contributed by atoms with Gasteiger partial charge in [-0.05, 0) is 6.42 Å². The molecule has 1 saturated heterocycles. The van der Waals surface area contributed by atoms with Gasteiger partial charge in [-0.25, -0.2) is 0 Å². The molecular formula is C9H15NO4. The Kier molecular flexibility index (Phi) is 3.10. The Hall–Kier alpha value is -1.10. The summed E-state index contributed by atoms with van der Waals surface area (Å²) in [5.74, 6) is -1.03. The third-order valence-corrected chi connectivity index (χ3v) is 2.75. The summed E-state index contributed by atoms with van der Waals surface area (Å²) in [5.41, 5.74) is -0.641. The average Bonchev–Trinajstić information content (AvgIpc) is 2.51. The summed E-state index contributed by atoms with van der Waals surface area (Å²) in [5, 5.41) is 8.78. The van der Waals surface area contributed by atoms with Gasteiger partial charge in [-0.15, -0.1) is 0 Å². The zero-order valence-corrected chi connectivity index (χ0v) is 8.45. The molecule has 0 spiro atoms. The van der Waals surface area contributed by atoms with Crippen molar-refractivity contribution in [3.63, 3.8) is 0 Å². The predicted molar refractivity (Wildman–Crippen MR) is 48.9 cm³/mol. The Labute approximate surface area is 82.6 Å². The number of rotatable bonds is 3. The molecule has 1 atom stereocenters. The molecule has 1 N–H and O–H groups in total. The van der Waals surface area contributed by atoms with Gasteiger partial charge >= 0.3 is 5.97 Å². The summed E-state index contributed by atoms with van der Waals surface area (Å²) < 4.78 is 5.18. The van der Waals surface area contributed by atoms with Crippen molar-refractivity contribution < 1.29 is 19.4 Å². The Bertz CT molecular complexity index is 245. The highest BCUT2D eigenvalue weighted by molar-refractivity contribution is 5.76. The second-order valence-electron chi connectivity index (χ2n) is 3.68. The van der Waals surface area contributed by atoms with Crippen LogP contribution in [0.1, 0.15) is 19.8 Å². The van der Waals surface area contributed by atoms with Gasteiger partial charge < -0.3 is 14.7 Å². The minimum Gasteiger partial charge on any atom is -0.481 e. The van der Waals surface area contributed by atoms with E-state index in [9.17, 15) is 9.59 Å². The first-order chi connectivity index (χ1) is 6.48. The lowest BCUT2D eigenvalue weighted by molar-refractivity contribution is -0.143. The number of likely N-dealkylation sites (N-methyl/N-ethyl adjacent to an activating group) is 1. The van der Waals surface area contributed by atoms with Gasteiger partial charge in [0.1, 0.15) is 0 Å². The molecule has 0 aromatic carbocycles. The Morgan fingerprint density at radius 1 is 1.57 bits per heavy atom. The van der Waals surface area contributed by atoms with Crippen LogP contribution >= 0.6 is 0 Å². The van der Waals surface area contributed by atoms with Crippen LogP contribution < -0.4 is 0 Å². The third-order valence-electron chi connectivity index (χ3n) is 2.75. The number of ether oxygens (including phenoxy) is 1. The van der Waals surface area contributed by atoms with Gasteiger partial charge in [-0.1, -0.05) is 0 Å². The van der Waals surface area contributed by atoms with Crippen LogP contribution in [0.4, 0.5) is 0 Å². The molecule has 80 valence electrons. The van der Waals surface area contributed by atoms with E-state index in [2.05, 4.69) is 0 Å². The van der Waals surface area contributed by atoms with E-state index in [-0.39, 0.29) is 12.3 Å². The number of carboxylic acid groups (broad SMARTS) is 1. The van der Waals surface area contributed by atoms with Crippen LogP contribution in [0.15, 0.2) is 0 Å². The van der Waals surface area contributed by atoms with Gasteiger partial charge in [0, 0.05) is 20.6 Å². The molecule has 1 fully saturated rings. The van der Waals surface area contributed by atoms with Crippen molar-refractivity contribution >= 4 is 11.9 Å². The van der Waals surface area contributed by atoms with Crippen molar-refractivity contribution in [3.05, 3.63) is 0 Å². The van der Waals surface area contributed by atoms with Crippen molar-refractivity contribution in [1.82, 2.24) is 4.90 Å². The Balaban J connectivity index is 2.80. The lowest BCUT2D eigenvalue weighted by atomic mass is 9.92. The fourth-order valence-electron chi connectivity index (χ4n) is 1.73. The highest BCUT2D eigenvalue weighted by atomic mass is 16.5. The van der Waals surface area contributed by atoms with Crippen LogP contribution in [-0.2, 0) is 14.3 Å². The summed E-state index contributed by atoms with van der Waals surface area (Å²) in [6.45, 7) is 2.27. The highest BCUT2D eigenvalue weighted by Crippen LogP contribution is 2.28. The molecular weight excluding hydrogens is 186 g/mol. The molecule has 5 nitrogen and oxygen atoms in total. The van der Waals surface area contributed by atoms with Gasteiger partial charge in [0.2, 0.25) is 5.91 Å². The molecule has 1 unspecified atom stereocenters. The average molecular weight is 201 g/mol. The van der Waals surface area contributed by atoms with Crippen molar-refractivity contribution in [2.75, 3.05) is 20.3 Å². The summed E-state index contributed by atoms with van der Waals surface area (Å²) >= 11 is 0. The van der Waals surface area contributed by atoms with Crippen LogP contribution in [0, 0.1) is 0 Å². The van der Waals surface area contributed by atoms with Crippen molar-refractivity contribution in [3.8, 4) is 0 Å². The maximum Gasteiger partial charge on any atom is 0.305 e. The minimum absolute atomic E-state index is 0.0525. The van der Waals surface area contributed by atoms with Gasteiger partial charge in [0.25, 0.3) is 0 Å². The first-order valence-electron chi connectivity index (χ1n) is 4.52. The molecule has 1 amide bonds.